The first kappa shape index (κ1) is 22.6. The fourth-order valence-corrected chi connectivity index (χ4v) is 4.81. The van der Waals surface area contributed by atoms with Crippen LogP contribution in [-0.2, 0) is 4.74 Å². The number of ether oxygens (including phenoxy) is 2. The fraction of sp³-hybridized carbons (Fsp3) is 0.458. The minimum atomic E-state index is -4.76. The van der Waals surface area contributed by atoms with Gasteiger partial charge < -0.3 is 19.4 Å². The Morgan fingerprint density at radius 1 is 1.09 bits per heavy atom. The molecule has 0 radical (unpaired) electrons. The SMILES string of the molecule is O=C(c1ccc(OC(F)(F)F)cc1)N1CCC(c2ccnc3nc(C4CCCOC4)[nH]c23)CC1. The van der Waals surface area contributed by atoms with Crippen LogP contribution >= 0.6 is 0 Å². The maximum absolute atomic E-state index is 12.9. The molecule has 0 saturated carbocycles. The van der Waals surface area contributed by atoms with E-state index in [4.69, 9.17) is 9.72 Å². The van der Waals surface area contributed by atoms with Gasteiger partial charge in [0.15, 0.2) is 5.65 Å². The molecule has 2 aromatic heterocycles. The zero-order valence-electron chi connectivity index (χ0n) is 18.5. The van der Waals surface area contributed by atoms with E-state index in [1.165, 1.54) is 12.1 Å². The maximum atomic E-state index is 12.9. The van der Waals surface area contributed by atoms with E-state index in [1.807, 2.05) is 6.07 Å². The summed E-state index contributed by atoms with van der Waals surface area (Å²) < 4.78 is 46.5. The summed E-state index contributed by atoms with van der Waals surface area (Å²) in [4.78, 5) is 27.2. The van der Waals surface area contributed by atoms with Gasteiger partial charge in [0.05, 0.1) is 12.1 Å². The lowest BCUT2D eigenvalue weighted by atomic mass is 9.89. The van der Waals surface area contributed by atoms with Crippen LogP contribution in [0.25, 0.3) is 11.2 Å². The first-order valence-electron chi connectivity index (χ1n) is 11.4. The number of benzene rings is 1. The van der Waals surface area contributed by atoms with Gasteiger partial charge in [-0.2, -0.15) is 0 Å². The van der Waals surface area contributed by atoms with E-state index in [0.717, 1.165) is 61.3 Å². The quantitative estimate of drug-likeness (QED) is 0.589. The van der Waals surface area contributed by atoms with Gasteiger partial charge in [-0.05, 0) is 67.5 Å². The van der Waals surface area contributed by atoms with Crippen LogP contribution in [0.15, 0.2) is 36.5 Å². The van der Waals surface area contributed by atoms with Crippen molar-refractivity contribution in [3.63, 3.8) is 0 Å². The normalized spacial score (nSPS) is 20.0. The number of H-pyrrole nitrogens is 1. The molecule has 0 bridgehead atoms. The molecule has 34 heavy (non-hydrogen) atoms. The molecule has 0 spiro atoms. The Kier molecular flexibility index (Phi) is 6.16. The molecule has 10 heteroatoms. The summed E-state index contributed by atoms with van der Waals surface area (Å²) in [5.74, 6) is 0.887. The average molecular weight is 474 g/mol. The third-order valence-electron chi connectivity index (χ3n) is 6.55. The Labute approximate surface area is 194 Å². The van der Waals surface area contributed by atoms with Crippen molar-refractivity contribution in [1.82, 2.24) is 19.9 Å². The number of imidazole rings is 1. The van der Waals surface area contributed by atoms with E-state index in [0.29, 0.717) is 30.9 Å². The van der Waals surface area contributed by atoms with E-state index in [1.54, 1.807) is 11.1 Å². The average Bonchev–Trinajstić information content (AvgIpc) is 3.28. The number of nitrogens with one attached hydrogen (secondary N) is 1. The molecule has 1 atom stereocenters. The van der Waals surface area contributed by atoms with Gasteiger partial charge in [0.2, 0.25) is 0 Å². The lowest BCUT2D eigenvalue weighted by molar-refractivity contribution is -0.274. The van der Waals surface area contributed by atoms with Crippen molar-refractivity contribution in [2.75, 3.05) is 26.3 Å². The molecule has 1 unspecified atom stereocenters. The van der Waals surface area contributed by atoms with Crippen LogP contribution in [0.3, 0.4) is 0 Å². The Balaban J connectivity index is 1.25. The van der Waals surface area contributed by atoms with Crippen LogP contribution in [0.2, 0.25) is 0 Å². The number of carbonyl (C=O) groups excluding carboxylic acids is 1. The second-order valence-corrected chi connectivity index (χ2v) is 8.77. The topological polar surface area (TPSA) is 80.3 Å². The first-order valence-corrected chi connectivity index (χ1v) is 11.4. The number of rotatable bonds is 4. The second kappa shape index (κ2) is 9.25. The highest BCUT2D eigenvalue weighted by Crippen LogP contribution is 2.34. The number of hydrogen-bond acceptors (Lipinski definition) is 5. The monoisotopic (exact) mass is 474 g/mol. The molecule has 3 aromatic rings. The maximum Gasteiger partial charge on any atom is 0.573 e. The number of halogens is 3. The number of alkyl halides is 3. The lowest BCUT2D eigenvalue weighted by Crippen LogP contribution is -2.38. The predicted octanol–water partition coefficient (Wildman–Crippen LogP) is 4.77. The van der Waals surface area contributed by atoms with E-state index in [9.17, 15) is 18.0 Å². The largest absolute Gasteiger partial charge is 0.573 e. The summed E-state index contributed by atoms with van der Waals surface area (Å²) in [6, 6.07) is 7.07. The molecule has 180 valence electrons. The molecule has 1 amide bonds. The van der Waals surface area contributed by atoms with Crippen LogP contribution in [0.4, 0.5) is 13.2 Å². The Morgan fingerprint density at radius 3 is 2.53 bits per heavy atom. The molecule has 4 heterocycles. The lowest BCUT2D eigenvalue weighted by Gasteiger charge is -2.32. The Hall–Kier alpha value is -3.14. The number of fused-ring (bicyclic) bond motifs is 1. The van der Waals surface area contributed by atoms with Crippen LogP contribution in [0.1, 0.15) is 59.3 Å². The van der Waals surface area contributed by atoms with Crippen molar-refractivity contribution in [3.05, 3.63) is 53.5 Å². The van der Waals surface area contributed by atoms with E-state index >= 15 is 0 Å². The number of piperidine rings is 1. The molecular formula is C24H25F3N4O3. The molecule has 2 aliphatic rings. The number of pyridine rings is 1. The van der Waals surface area contributed by atoms with Crippen LogP contribution in [-0.4, -0.2) is 58.4 Å². The number of aromatic nitrogens is 3. The van der Waals surface area contributed by atoms with Gasteiger partial charge in [-0.1, -0.05) is 0 Å². The summed E-state index contributed by atoms with van der Waals surface area (Å²) >= 11 is 0. The van der Waals surface area contributed by atoms with Gasteiger partial charge in [0.25, 0.3) is 5.91 Å². The van der Waals surface area contributed by atoms with Crippen LogP contribution in [0, 0.1) is 0 Å². The highest BCUT2D eigenvalue weighted by molar-refractivity contribution is 5.94. The number of likely N-dealkylation sites (tertiary alicyclic amines) is 1. The highest BCUT2D eigenvalue weighted by Gasteiger charge is 2.31. The summed E-state index contributed by atoms with van der Waals surface area (Å²) in [7, 11) is 0. The third-order valence-corrected chi connectivity index (χ3v) is 6.55. The van der Waals surface area contributed by atoms with E-state index in [-0.39, 0.29) is 23.5 Å². The summed E-state index contributed by atoms with van der Waals surface area (Å²) in [5, 5.41) is 0. The number of amides is 1. The fourth-order valence-electron chi connectivity index (χ4n) is 4.81. The molecular weight excluding hydrogens is 449 g/mol. The van der Waals surface area contributed by atoms with Crippen LogP contribution < -0.4 is 4.74 Å². The number of hydrogen-bond donors (Lipinski definition) is 1. The number of carbonyl (C=O) groups is 1. The molecule has 1 N–H and O–H groups in total. The molecule has 2 aliphatic heterocycles. The third kappa shape index (κ3) is 4.86. The number of nitrogens with zero attached hydrogens (tertiary/aromatic N) is 3. The summed E-state index contributed by atoms with van der Waals surface area (Å²) in [6.45, 7) is 2.58. The highest BCUT2D eigenvalue weighted by atomic mass is 19.4. The molecule has 2 saturated heterocycles. The Morgan fingerprint density at radius 2 is 1.85 bits per heavy atom. The van der Waals surface area contributed by atoms with Gasteiger partial charge >= 0.3 is 6.36 Å². The zero-order chi connectivity index (χ0) is 23.7. The summed E-state index contributed by atoms with van der Waals surface area (Å²) in [5.41, 5.74) is 3.15. The van der Waals surface area contributed by atoms with Gasteiger partial charge in [-0.3, -0.25) is 4.79 Å². The van der Waals surface area contributed by atoms with Crippen molar-refractivity contribution in [3.8, 4) is 5.75 Å². The molecule has 1 aromatic carbocycles. The standard InChI is InChI=1S/C24H25F3N4O3/c25-24(26,27)34-18-5-3-16(4-6-18)23(32)31-11-8-15(9-12-31)19-7-10-28-22-20(19)29-21(30-22)17-2-1-13-33-14-17/h3-7,10,15,17H,1-2,8-9,11-14H2,(H,28,29,30). The molecule has 2 fully saturated rings. The van der Waals surface area contributed by atoms with Gasteiger partial charge in [-0.25, -0.2) is 9.97 Å². The van der Waals surface area contributed by atoms with Crippen LogP contribution in [0.5, 0.6) is 5.75 Å². The predicted molar refractivity (Wildman–Crippen MR) is 118 cm³/mol. The van der Waals surface area contributed by atoms with Crippen molar-refractivity contribution < 1.29 is 27.4 Å². The smallest absolute Gasteiger partial charge is 0.406 e. The minimum Gasteiger partial charge on any atom is -0.406 e. The molecule has 0 aliphatic carbocycles. The van der Waals surface area contributed by atoms with E-state index in [2.05, 4.69) is 14.7 Å². The van der Waals surface area contributed by atoms with Crippen molar-refractivity contribution in [1.29, 1.82) is 0 Å². The van der Waals surface area contributed by atoms with Gasteiger partial charge in [0, 0.05) is 37.4 Å². The van der Waals surface area contributed by atoms with Gasteiger partial charge in [-0.15, -0.1) is 13.2 Å². The minimum absolute atomic E-state index is 0.196. The van der Waals surface area contributed by atoms with Gasteiger partial charge in [0.1, 0.15) is 11.6 Å². The Bertz CT molecular complexity index is 1150. The summed E-state index contributed by atoms with van der Waals surface area (Å²) in [6.07, 6.45) is 0.640. The van der Waals surface area contributed by atoms with Crippen molar-refractivity contribution >= 4 is 17.1 Å². The number of aromatic amines is 1. The molecule has 5 rings (SSSR count). The van der Waals surface area contributed by atoms with Crippen molar-refractivity contribution in [2.24, 2.45) is 0 Å². The molecule has 7 nitrogen and oxygen atoms in total. The second-order valence-electron chi connectivity index (χ2n) is 8.77. The van der Waals surface area contributed by atoms with Crippen molar-refractivity contribution in [2.45, 2.75) is 43.9 Å². The van der Waals surface area contributed by atoms with E-state index < -0.39 is 6.36 Å². The first-order chi connectivity index (χ1) is 16.4. The zero-order valence-corrected chi connectivity index (χ0v) is 18.5.